The zero-order chi connectivity index (χ0) is 15.4. The van der Waals surface area contributed by atoms with Crippen LogP contribution < -0.4 is 10.2 Å². The van der Waals surface area contributed by atoms with Crippen LogP contribution in [0.25, 0.3) is 0 Å². The lowest BCUT2D eigenvalue weighted by molar-refractivity contribution is -0.384. The highest BCUT2D eigenvalue weighted by molar-refractivity contribution is 5.61. The van der Waals surface area contributed by atoms with E-state index in [-0.39, 0.29) is 10.6 Å². The summed E-state index contributed by atoms with van der Waals surface area (Å²) in [5.41, 5.74) is 0.653. The van der Waals surface area contributed by atoms with Gasteiger partial charge in [-0.25, -0.2) is 4.68 Å². The van der Waals surface area contributed by atoms with Gasteiger partial charge in [0.1, 0.15) is 5.69 Å². The highest BCUT2D eigenvalue weighted by Gasteiger charge is 2.29. The number of piperidine rings is 1. The van der Waals surface area contributed by atoms with Crippen LogP contribution in [0.15, 0.2) is 0 Å². The van der Waals surface area contributed by atoms with Crippen molar-refractivity contribution >= 4 is 11.5 Å². The summed E-state index contributed by atoms with van der Waals surface area (Å²) in [7, 11) is 1.94. The summed E-state index contributed by atoms with van der Waals surface area (Å²) in [4.78, 5) is 13.1. The van der Waals surface area contributed by atoms with E-state index < -0.39 is 0 Å². The molecule has 0 aliphatic carbocycles. The Morgan fingerprint density at radius 3 is 2.71 bits per heavy atom. The Kier molecular flexibility index (Phi) is 5.17. The largest absolute Gasteiger partial charge is 0.354 e. The quantitative estimate of drug-likeness (QED) is 0.641. The Hall–Kier alpha value is -1.63. The molecule has 21 heavy (non-hydrogen) atoms. The Balaban J connectivity index is 2.24. The molecule has 7 nitrogen and oxygen atoms in total. The van der Waals surface area contributed by atoms with Gasteiger partial charge in [0.05, 0.1) is 4.92 Å². The van der Waals surface area contributed by atoms with Crippen LogP contribution in [0.2, 0.25) is 0 Å². The SMILES string of the molecule is CCCn1nc(C)c([N+](=O)[O-])c1N(C)CC1CCNCC1. The molecule has 118 valence electrons. The Bertz CT molecular complexity index is 494. The van der Waals surface area contributed by atoms with Crippen LogP contribution in [0.3, 0.4) is 0 Å². The maximum Gasteiger partial charge on any atom is 0.333 e. The standard InChI is InChI=1S/C14H25N5O2/c1-4-9-18-14(13(19(20)21)11(2)16-18)17(3)10-12-5-7-15-8-6-12/h12,15H,4-10H2,1-3H3. The fourth-order valence-electron chi connectivity index (χ4n) is 3.06. The zero-order valence-corrected chi connectivity index (χ0v) is 13.1. The molecule has 1 saturated heterocycles. The third kappa shape index (κ3) is 3.53. The topological polar surface area (TPSA) is 76.2 Å². The van der Waals surface area contributed by atoms with E-state index in [0.717, 1.165) is 38.9 Å². The lowest BCUT2D eigenvalue weighted by Crippen LogP contribution is -2.35. The van der Waals surface area contributed by atoms with Gasteiger partial charge in [-0.05, 0) is 45.2 Å². The third-order valence-electron chi connectivity index (χ3n) is 4.04. The molecule has 1 N–H and O–H groups in total. The van der Waals surface area contributed by atoms with E-state index in [2.05, 4.69) is 17.3 Å². The number of anilines is 1. The Labute approximate surface area is 125 Å². The van der Waals surface area contributed by atoms with Crippen molar-refractivity contribution in [2.45, 2.75) is 39.7 Å². The molecule has 0 saturated carbocycles. The van der Waals surface area contributed by atoms with E-state index >= 15 is 0 Å². The molecule has 1 aromatic rings. The lowest BCUT2D eigenvalue weighted by atomic mass is 9.98. The fourth-order valence-corrected chi connectivity index (χ4v) is 3.06. The summed E-state index contributed by atoms with van der Waals surface area (Å²) < 4.78 is 1.79. The van der Waals surface area contributed by atoms with Gasteiger partial charge in [-0.3, -0.25) is 10.1 Å². The first-order valence-electron chi connectivity index (χ1n) is 7.68. The zero-order valence-electron chi connectivity index (χ0n) is 13.1. The smallest absolute Gasteiger partial charge is 0.333 e. The summed E-state index contributed by atoms with van der Waals surface area (Å²) in [5.74, 6) is 1.24. The molecule has 0 bridgehead atoms. The molecule has 7 heteroatoms. The number of hydrogen-bond acceptors (Lipinski definition) is 5. The molecular formula is C14H25N5O2. The van der Waals surface area contributed by atoms with Crippen molar-refractivity contribution in [1.82, 2.24) is 15.1 Å². The minimum Gasteiger partial charge on any atom is -0.354 e. The normalized spacial score (nSPS) is 16.1. The number of nitrogens with zero attached hydrogens (tertiary/aromatic N) is 4. The van der Waals surface area contributed by atoms with Crippen LogP contribution in [-0.2, 0) is 6.54 Å². The summed E-state index contributed by atoms with van der Waals surface area (Å²) in [6, 6.07) is 0. The maximum absolute atomic E-state index is 11.4. The monoisotopic (exact) mass is 295 g/mol. The molecule has 0 amide bonds. The highest BCUT2D eigenvalue weighted by atomic mass is 16.6. The second-order valence-electron chi connectivity index (χ2n) is 5.81. The summed E-state index contributed by atoms with van der Waals surface area (Å²) in [5, 5.41) is 19.1. The first-order chi connectivity index (χ1) is 10.0. The predicted molar refractivity (Wildman–Crippen MR) is 82.8 cm³/mol. The van der Waals surface area contributed by atoms with Crippen LogP contribution in [0.5, 0.6) is 0 Å². The highest BCUT2D eigenvalue weighted by Crippen LogP contribution is 2.32. The molecule has 1 aliphatic heterocycles. The van der Waals surface area contributed by atoms with Crippen LogP contribution in [-0.4, -0.2) is 41.4 Å². The van der Waals surface area contributed by atoms with Crippen molar-refractivity contribution in [1.29, 1.82) is 0 Å². The van der Waals surface area contributed by atoms with Gasteiger partial charge in [0.25, 0.3) is 0 Å². The second kappa shape index (κ2) is 6.89. The van der Waals surface area contributed by atoms with Gasteiger partial charge in [0.2, 0.25) is 5.82 Å². The minimum atomic E-state index is -0.303. The van der Waals surface area contributed by atoms with E-state index in [1.165, 1.54) is 0 Å². The van der Waals surface area contributed by atoms with Crippen LogP contribution >= 0.6 is 0 Å². The average Bonchev–Trinajstić information content (AvgIpc) is 2.77. The van der Waals surface area contributed by atoms with Crippen molar-refractivity contribution in [2.75, 3.05) is 31.6 Å². The molecule has 1 aliphatic rings. The van der Waals surface area contributed by atoms with Crippen LogP contribution in [0, 0.1) is 23.0 Å². The number of nitrogens with one attached hydrogen (secondary N) is 1. The van der Waals surface area contributed by atoms with Crippen molar-refractivity contribution < 1.29 is 4.92 Å². The first kappa shape index (κ1) is 15.8. The van der Waals surface area contributed by atoms with Crippen LogP contribution in [0.4, 0.5) is 11.5 Å². The number of nitro groups is 1. The molecule has 0 radical (unpaired) electrons. The van der Waals surface area contributed by atoms with E-state index in [1.807, 2.05) is 11.9 Å². The number of hydrogen-bond donors (Lipinski definition) is 1. The molecular weight excluding hydrogens is 270 g/mol. The van der Waals surface area contributed by atoms with E-state index in [0.29, 0.717) is 24.0 Å². The van der Waals surface area contributed by atoms with E-state index in [9.17, 15) is 10.1 Å². The van der Waals surface area contributed by atoms with Crippen molar-refractivity contribution in [3.8, 4) is 0 Å². The van der Waals surface area contributed by atoms with Gasteiger partial charge in [-0.1, -0.05) is 6.92 Å². The van der Waals surface area contributed by atoms with Gasteiger partial charge in [0.15, 0.2) is 0 Å². The molecule has 2 heterocycles. The molecule has 1 aromatic heterocycles. The van der Waals surface area contributed by atoms with Gasteiger partial charge in [-0.2, -0.15) is 5.10 Å². The lowest BCUT2D eigenvalue weighted by Gasteiger charge is -2.28. The minimum absolute atomic E-state index is 0.153. The fraction of sp³-hybridized carbons (Fsp3) is 0.786. The van der Waals surface area contributed by atoms with Gasteiger partial charge < -0.3 is 10.2 Å². The van der Waals surface area contributed by atoms with Crippen LogP contribution in [0.1, 0.15) is 31.9 Å². The van der Waals surface area contributed by atoms with Gasteiger partial charge >= 0.3 is 5.69 Å². The molecule has 2 rings (SSSR count). The summed E-state index contributed by atoms with van der Waals surface area (Å²) in [6.07, 6.45) is 3.16. The van der Waals surface area contributed by atoms with Crippen molar-refractivity contribution in [2.24, 2.45) is 5.92 Å². The van der Waals surface area contributed by atoms with Gasteiger partial charge in [0, 0.05) is 20.1 Å². The third-order valence-corrected chi connectivity index (χ3v) is 4.04. The summed E-state index contributed by atoms with van der Waals surface area (Å²) >= 11 is 0. The molecule has 0 unspecified atom stereocenters. The summed E-state index contributed by atoms with van der Waals surface area (Å²) in [6.45, 7) is 7.39. The number of aryl methyl sites for hydroxylation is 2. The van der Waals surface area contributed by atoms with Gasteiger partial charge in [-0.15, -0.1) is 0 Å². The molecule has 0 spiro atoms. The molecule has 0 aromatic carbocycles. The Morgan fingerprint density at radius 2 is 2.14 bits per heavy atom. The van der Waals surface area contributed by atoms with E-state index in [1.54, 1.807) is 11.6 Å². The molecule has 1 fully saturated rings. The maximum atomic E-state index is 11.4. The first-order valence-corrected chi connectivity index (χ1v) is 7.68. The average molecular weight is 295 g/mol. The van der Waals surface area contributed by atoms with E-state index in [4.69, 9.17) is 0 Å². The van der Waals surface area contributed by atoms with Crippen molar-refractivity contribution in [3.63, 3.8) is 0 Å². The van der Waals surface area contributed by atoms with Crippen molar-refractivity contribution in [3.05, 3.63) is 15.8 Å². The number of aromatic nitrogens is 2. The predicted octanol–water partition coefficient (Wildman–Crippen LogP) is 1.95. The number of rotatable bonds is 6. The Morgan fingerprint density at radius 1 is 1.48 bits per heavy atom. The molecule has 0 atom stereocenters. The second-order valence-corrected chi connectivity index (χ2v) is 5.81.